The van der Waals surface area contributed by atoms with Crippen molar-refractivity contribution in [3.8, 4) is 11.5 Å². The molecule has 0 aliphatic carbocycles. The molecule has 0 amide bonds. The number of aromatic nitrogens is 2. The molecule has 20 heavy (non-hydrogen) atoms. The largest absolute Gasteiger partial charge is 0.403 e. The van der Waals surface area contributed by atoms with Gasteiger partial charge in [0.15, 0.2) is 5.65 Å². The highest BCUT2D eigenvalue weighted by Gasteiger charge is 2.11. The lowest BCUT2D eigenvalue weighted by atomic mass is 10.2. The maximum atomic E-state index is 11.8. The van der Waals surface area contributed by atoms with Gasteiger partial charge in [0.2, 0.25) is 5.89 Å². The predicted octanol–water partition coefficient (Wildman–Crippen LogP) is 2.16. The summed E-state index contributed by atoms with van der Waals surface area (Å²) in [5, 5.41) is 10.9. The number of fused-ring (bicyclic) bond motifs is 1. The predicted molar refractivity (Wildman–Crippen MR) is 70.2 cm³/mol. The number of hydrogen-bond donors (Lipinski definition) is 0. The minimum absolute atomic E-state index is 0.0463. The Balaban J connectivity index is 2.14. The first-order valence-electron chi connectivity index (χ1n) is 5.66. The van der Waals surface area contributed by atoms with E-state index in [1.165, 1.54) is 30.5 Å². The molecule has 0 aliphatic heterocycles. The van der Waals surface area contributed by atoms with Crippen LogP contribution in [0, 0.1) is 10.1 Å². The molecule has 0 saturated carbocycles. The zero-order valence-corrected chi connectivity index (χ0v) is 10.0. The van der Waals surface area contributed by atoms with Gasteiger partial charge in [0.05, 0.1) is 4.92 Å². The van der Waals surface area contributed by atoms with E-state index in [1.54, 1.807) is 12.1 Å². The fraction of sp³-hybridized carbons (Fsp3) is 0. The third-order valence-electron chi connectivity index (χ3n) is 2.73. The fourth-order valence-electron chi connectivity index (χ4n) is 1.76. The summed E-state index contributed by atoms with van der Waals surface area (Å²) in [5.74, 6) is 0.0797. The Bertz CT molecular complexity index is 855. The molecule has 7 nitrogen and oxygen atoms in total. The number of hydrogen-bond acceptors (Lipinski definition) is 6. The summed E-state index contributed by atoms with van der Waals surface area (Å²) in [7, 11) is 0. The number of nitro benzene ring substituents is 1. The van der Waals surface area contributed by atoms with Gasteiger partial charge in [-0.1, -0.05) is 0 Å². The summed E-state index contributed by atoms with van der Waals surface area (Å²) in [6.07, 6.45) is 1.52. The molecule has 1 aromatic carbocycles. The molecular weight excluding hydrogens is 262 g/mol. The van der Waals surface area contributed by atoms with Crippen molar-refractivity contribution >= 4 is 16.7 Å². The monoisotopic (exact) mass is 269 g/mol. The van der Waals surface area contributed by atoms with E-state index in [1.807, 2.05) is 0 Å². The molecule has 0 radical (unpaired) electrons. The Labute approximate surface area is 111 Å². The topological polar surface area (TPSA) is 99.1 Å². The van der Waals surface area contributed by atoms with Gasteiger partial charge in [-0.2, -0.15) is 4.98 Å². The highest BCUT2D eigenvalue weighted by atomic mass is 16.6. The summed E-state index contributed by atoms with van der Waals surface area (Å²) >= 11 is 0. The van der Waals surface area contributed by atoms with Crippen LogP contribution >= 0.6 is 0 Å². The second kappa shape index (κ2) is 4.54. The molecule has 0 aliphatic rings. The van der Waals surface area contributed by atoms with Crippen LogP contribution in [0.4, 0.5) is 5.69 Å². The molecule has 0 bridgehead atoms. The minimum Gasteiger partial charge on any atom is -0.403 e. The minimum atomic E-state index is -0.545. The van der Waals surface area contributed by atoms with E-state index >= 15 is 0 Å². The van der Waals surface area contributed by atoms with E-state index in [4.69, 9.17) is 4.42 Å². The molecule has 0 fully saturated rings. The SMILES string of the molecule is O=c1oc(-c2ccc([N+](=O)[O-])cc2)nc2ncccc12. The Hall–Kier alpha value is -3.09. The molecule has 0 saturated heterocycles. The summed E-state index contributed by atoms with van der Waals surface area (Å²) in [6.45, 7) is 0. The quantitative estimate of drug-likeness (QED) is 0.522. The normalized spacial score (nSPS) is 10.6. The third-order valence-corrected chi connectivity index (χ3v) is 2.73. The maximum Gasteiger partial charge on any atom is 0.348 e. The highest BCUT2D eigenvalue weighted by molar-refractivity contribution is 5.74. The number of non-ortho nitro benzene ring substituents is 1. The van der Waals surface area contributed by atoms with Crippen molar-refractivity contribution in [1.82, 2.24) is 9.97 Å². The van der Waals surface area contributed by atoms with E-state index < -0.39 is 10.5 Å². The molecule has 2 aromatic heterocycles. The molecule has 3 aromatic rings. The highest BCUT2D eigenvalue weighted by Crippen LogP contribution is 2.20. The first kappa shape index (κ1) is 12.0. The van der Waals surface area contributed by atoms with E-state index in [-0.39, 0.29) is 22.6 Å². The molecule has 0 N–H and O–H groups in total. The van der Waals surface area contributed by atoms with Crippen LogP contribution in [-0.4, -0.2) is 14.9 Å². The second-order valence-corrected chi connectivity index (χ2v) is 3.99. The Morgan fingerprint density at radius 1 is 1.15 bits per heavy atom. The van der Waals surface area contributed by atoms with Crippen molar-refractivity contribution in [2.24, 2.45) is 0 Å². The Morgan fingerprint density at radius 2 is 1.90 bits per heavy atom. The standard InChI is InChI=1S/C13H7N3O4/c17-13-10-2-1-7-14-11(10)15-12(20-13)8-3-5-9(6-4-8)16(18)19/h1-7H. The summed E-state index contributed by atoms with van der Waals surface area (Å²) in [4.78, 5) is 30.0. The maximum absolute atomic E-state index is 11.8. The summed E-state index contributed by atoms with van der Waals surface area (Å²) in [5.41, 5.74) is 0.156. The van der Waals surface area contributed by atoms with Gasteiger partial charge in [-0.05, 0) is 24.3 Å². The van der Waals surface area contributed by atoms with Crippen molar-refractivity contribution < 1.29 is 9.34 Å². The zero-order valence-electron chi connectivity index (χ0n) is 10.0. The fourth-order valence-corrected chi connectivity index (χ4v) is 1.76. The van der Waals surface area contributed by atoms with Crippen LogP contribution < -0.4 is 5.63 Å². The van der Waals surface area contributed by atoms with Gasteiger partial charge in [0.25, 0.3) is 5.69 Å². The smallest absolute Gasteiger partial charge is 0.348 e. The lowest BCUT2D eigenvalue weighted by molar-refractivity contribution is -0.384. The Kier molecular flexibility index (Phi) is 2.72. The van der Waals surface area contributed by atoms with Crippen molar-refractivity contribution in [2.75, 3.05) is 0 Å². The van der Waals surface area contributed by atoms with Crippen LogP contribution in [0.3, 0.4) is 0 Å². The lowest BCUT2D eigenvalue weighted by Crippen LogP contribution is -2.03. The van der Waals surface area contributed by atoms with E-state index in [0.29, 0.717) is 5.56 Å². The molecule has 0 unspecified atom stereocenters. The summed E-state index contributed by atoms with van der Waals surface area (Å²) in [6, 6.07) is 8.77. The van der Waals surface area contributed by atoms with Crippen LogP contribution in [0.2, 0.25) is 0 Å². The van der Waals surface area contributed by atoms with Crippen LogP contribution in [0.25, 0.3) is 22.5 Å². The molecule has 7 heteroatoms. The van der Waals surface area contributed by atoms with E-state index in [9.17, 15) is 14.9 Å². The molecule has 3 rings (SSSR count). The number of rotatable bonds is 2. The average Bonchev–Trinajstić information content (AvgIpc) is 2.47. The van der Waals surface area contributed by atoms with Crippen LogP contribution in [0.1, 0.15) is 0 Å². The van der Waals surface area contributed by atoms with Gasteiger partial charge in [-0.3, -0.25) is 10.1 Å². The molecule has 0 spiro atoms. The van der Waals surface area contributed by atoms with Crippen molar-refractivity contribution in [2.45, 2.75) is 0 Å². The summed E-state index contributed by atoms with van der Waals surface area (Å²) < 4.78 is 5.10. The van der Waals surface area contributed by atoms with Gasteiger partial charge in [0, 0.05) is 23.9 Å². The van der Waals surface area contributed by atoms with Gasteiger partial charge < -0.3 is 4.42 Å². The molecular formula is C13H7N3O4. The molecule has 0 atom stereocenters. The van der Waals surface area contributed by atoms with E-state index in [0.717, 1.165) is 0 Å². The van der Waals surface area contributed by atoms with Crippen LogP contribution in [-0.2, 0) is 0 Å². The van der Waals surface area contributed by atoms with Gasteiger partial charge in [-0.15, -0.1) is 0 Å². The second-order valence-electron chi connectivity index (χ2n) is 3.99. The zero-order chi connectivity index (χ0) is 14.1. The number of benzene rings is 1. The number of nitrogens with zero attached hydrogens (tertiary/aromatic N) is 3. The van der Waals surface area contributed by atoms with Crippen molar-refractivity contribution in [3.05, 3.63) is 63.1 Å². The Morgan fingerprint density at radius 3 is 2.60 bits per heavy atom. The first-order chi connectivity index (χ1) is 9.65. The van der Waals surface area contributed by atoms with Crippen molar-refractivity contribution in [3.63, 3.8) is 0 Å². The van der Waals surface area contributed by atoms with Gasteiger partial charge >= 0.3 is 5.63 Å². The number of nitro groups is 1. The number of pyridine rings is 1. The van der Waals surface area contributed by atoms with Gasteiger partial charge in [0.1, 0.15) is 5.39 Å². The van der Waals surface area contributed by atoms with Crippen molar-refractivity contribution in [1.29, 1.82) is 0 Å². The third kappa shape index (κ3) is 2.01. The van der Waals surface area contributed by atoms with Gasteiger partial charge in [-0.25, -0.2) is 9.78 Å². The molecule has 2 heterocycles. The first-order valence-corrected chi connectivity index (χ1v) is 5.66. The lowest BCUT2D eigenvalue weighted by Gasteiger charge is -2.00. The van der Waals surface area contributed by atoms with Crippen LogP contribution in [0.15, 0.2) is 51.8 Å². The molecule has 98 valence electrons. The van der Waals surface area contributed by atoms with Crippen LogP contribution in [0.5, 0.6) is 0 Å². The van der Waals surface area contributed by atoms with E-state index in [2.05, 4.69) is 9.97 Å². The average molecular weight is 269 g/mol.